The van der Waals surface area contributed by atoms with Gasteiger partial charge >= 0.3 is 59.1 Å². The Balaban J connectivity index is -0.000000141. The third-order valence-electron chi connectivity index (χ3n) is 1.77. The van der Waals surface area contributed by atoms with Crippen molar-refractivity contribution in [2.75, 3.05) is 0 Å². The summed E-state index contributed by atoms with van der Waals surface area (Å²) in [5.74, 6) is 0. The van der Waals surface area contributed by atoms with Crippen LogP contribution in [0.5, 0.6) is 0 Å². The van der Waals surface area contributed by atoms with Crippen LogP contribution in [0.2, 0.25) is 0 Å². The van der Waals surface area contributed by atoms with E-state index in [1.807, 2.05) is 0 Å². The molecule has 0 heterocycles. The largest absolute Gasteiger partial charge is 1.00 e. The Hall–Kier alpha value is 4.22. The second kappa shape index (κ2) is 12.6. The summed E-state index contributed by atoms with van der Waals surface area (Å²) >= 11 is 0. The van der Waals surface area contributed by atoms with Gasteiger partial charge in [0, 0.05) is 65.2 Å². The van der Waals surface area contributed by atoms with Crippen molar-refractivity contribution in [2.45, 2.75) is 24.5 Å². The predicted molar refractivity (Wildman–Crippen MR) is 54.4 cm³/mol. The monoisotopic (exact) mass is 339 g/mol. The van der Waals surface area contributed by atoms with Gasteiger partial charge in [-0.25, -0.2) is 0 Å². The van der Waals surface area contributed by atoms with Crippen LogP contribution < -0.4 is 74.6 Å². The molecule has 2 unspecified atom stereocenters. The van der Waals surface area contributed by atoms with Crippen molar-refractivity contribution in [3.05, 3.63) is 0 Å². The molecule has 5 N–H and O–H groups in total. The summed E-state index contributed by atoms with van der Waals surface area (Å²) in [5, 5.41) is 5.45. The Kier molecular flexibility index (Phi) is 23.7. The van der Waals surface area contributed by atoms with Crippen LogP contribution in [0.1, 0.15) is 13.3 Å². The minimum absolute atomic E-state index is 0. The van der Waals surface area contributed by atoms with Crippen molar-refractivity contribution in [1.82, 2.24) is 0 Å². The van der Waals surface area contributed by atoms with Gasteiger partial charge < -0.3 is 39.5 Å². The zero-order chi connectivity index (χ0) is 11.8. The molecule has 3 atom stereocenters. The van der Waals surface area contributed by atoms with Gasteiger partial charge in [-0.1, -0.05) is 6.92 Å². The van der Waals surface area contributed by atoms with E-state index in [1.54, 1.807) is 0 Å². The Bertz CT molecular complexity index is 284. The second-order valence-corrected chi connectivity index (χ2v) is 6.54. The molecule has 0 fully saturated rings. The molecule has 0 aliphatic rings. The standard InChI is InChI=1S/C4H13NO7P2.4Na/c1-2-3(5)4(6,13(7,8)9)14(10,11)12;;;;/h3,6H,2,5H2,1H3,(H2,7,8,9)(H2,10,11,12);;;;/q;;;2*+1/p-2/t3-;;;;/m0..../s1. The molecule has 2 radical (unpaired) electrons. The summed E-state index contributed by atoms with van der Waals surface area (Å²) in [7, 11) is -11.5. The fourth-order valence-electron chi connectivity index (χ4n) is 0.853. The van der Waals surface area contributed by atoms with Crippen LogP contribution in [0, 0.1) is 0 Å². The summed E-state index contributed by atoms with van der Waals surface area (Å²) in [5.41, 5.74) is 5.01. The van der Waals surface area contributed by atoms with E-state index in [0.29, 0.717) is 0 Å². The first-order valence-corrected chi connectivity index (χ1v) is 6.69. The van der Waals surface area contributed by atoms with E-state index < -0.39 is 26.3 Å². The summed E-state index contributed by atoms with van der Waals surface area (Å²) in [6.07, 6.45) is -0.268. The molecule has 0 aliphatic heterocycles. The van der Waals surface area contributed by atoms with Gasteiger partial charge in [-0.15, -0.1) is 0 Å². The SMILES string of the molecule is CC[C@H](N)C(O)(P(=O)([O-])O)P(=O)([O-])O.[Na+].[Na+].[Na].[Na]. The molecule has 0 saturated heterocycles. The number of hydrogen-bond donors (Lipinski definition) is 4. The van der Waals surface area contributed by atoms with Gasteiger partial charge in [0.05, 0.1) is 0 Å². The minimum atomic E-state index is -5.73. The Morgan fingerprint density at radius 3 is 1.44 bits per heavy atom. The zero-order valence-electron chi connectivity index (χ0n) is 11.2. The van der Waals surface area contributed by atoms with E-state index in [2.05, 4.69) is 0 Å². The molecule has 0 aromatic carbocycles. The first-order chi connectivity index (χ1) is 5.98. The Morgan fingerprint density at radius 2 is 1.39 bits per heavy atom. The maximum absolute atomic E-state index is 10.6. The molecule has 88 valence electrons. The normalized spacial score (nSPS) is 21.1. The molecule has 8 nitrogen and oxygen atoms in total. The smallest absolute Gasteiger partial charge is 0.776 e. The molecule has 0 spiro atoms. The van der Waals surface area contributed by atoms with Gasteiger partial charge in [-0.3, -0.25) is 0 Å². The zero-order valence-corrected chi connectivity index (χ0v) is 21.0. The van der Waals surface area contributed by atoms with E-state index >= 15 is 0 Å². The van der Waals surface area contributed by atoms with Crippen molar-refractivity contribution in [3.8, 4) is 0 Å². The second-order valence-electron chi connectivity index (χ2n) is 2.74. The fraction of sp³-hybridized carbons (Fsp3) is 1.00. The van der Waals surface area contributed by atoms with Crippen LogP contribution in [-0.2, 0) is 9.13 Å². The first kappa shape index (κ1) is 33.7. The molecule has 0 aromatic rings. The number of nitrogens with two attached hydrogens (primary N) is 1. The predicted octanol–water partition coefficient (Wildman–Crippen LogP) is -9.29. The van der Waals surface area contributed by atoms with Gasteiger partial charge in [0.2, 0.25) is 5.08 Å². The first-order valence-electron chi connectivity index (χ1n) is 3.54. The Morgan fingerprint density at radius 1 is 1.17 bits per heavy atom. The van der Waals surface area contributed by atoms with E-state index in [9.17, 15) is 24.0 Å². The molecular formula is C4H11NNa4O7P2. The van der Waals surface area contributed by atoms with Gasteiger partial charge in [0.25, 0.3) is 0 Å². The van der Waals surface area contributed by atoms with E-state index in [4.69, 9.17) is 15.5 Å². The molecule has 0 bridgehead atoms. The number of hydrogen-bond acceptors (Lipinski definition) is 6. The third kappa shape index (κ3) is 8.18. The van der Waals surface area contributed by atoms with Gasteiger partial charge in [0.1, 0.15) is 0 Å². The van der Waals surface area contributed by atoms with Crippen LogP contribution in [0.25, 0.3) is 0 Å². The van der Waals surface area contributed by atoms with Crippen LogP contribution in [0.4, 0.5) is 0 Å². The summed E-state index contributed by atoms with van der Waals surface area (Å²) in [6.45, 7) is 1.28. The van der Waals surface area contributed by atoms with Gasteiger partial charge in [-0.05, 0) is 6.42 Å². The molecule has 14 heteroatoms. The molecular weight excluding hydrogens is 328 g/mol. The number of rotatable bonds is 4. The van der Waals surface area contributed by atoms with Gasteiger partial charge in [0.15, 0.2) is 15.2 Å². The Labute approximate surface area is 194 Å². The molecule has 0 amide bonds. The molecule has 0 rings (SSSR count). The average Bonchev–Trinajstić information content (AvgIpc) is 1.97. The summed E-state index contributed by atoms with van der Waals surface area (Å²) in [4.78, 5) is 38.3. The van der Waals surface area contributed by atoms with Crippen LogP contribution in [0.15, 0.2) is 0 Å². The fourth-order valence-corrected chi connectivity index (χ4v) is 3.33. The topological polar surface area (TPSA) is 167 Å². The van der Waals surface area contributed by atoms with E-state index in [0.717, 1.165) is 0 Å². The minimum Gasteiger partial charge on any atom is -0.776 e. The van der Waals surface area contributed by atoms with Crippen molar-refractivity contribution < 1.29 is 92.9 Å². The van der Waals surface area contributed by atoms with Gasteiger partial charge in [-0.2, -0.15) is 0 Å². The average molecular weight is 339 g/mol. The molecule has 18 heavy (non-hydrogen) atoms. The van der Waals surface area contributed by atoms with Crippen LogP contribution >= 0.6 is 15.2 Å². The molecule has 0 aromatic heterocycles. The maximum atomic E-state index is 10.6. The van der Waals surface area contributed by atoms with Crippen molar-refractivity contribution in [1.29, 1.82) is 0 Å². The van der Waals surface area contributed by atoms with Crippen LogP contribution in [-0.4, -0.2) is 85.1 Å². The third-order valence-corrected chi connectivity index (χ3v) is 5.61. The summed E-state index contributed by atoms with van der Waals surface area (Å²) in [6, 6.07) is -1.83. The summed E-state index contributed by atoms with van der Waals surface area (Å²) < 4.78 is 21.2. The van der Waals surface area contributed by atoms with E-state index in [1.165, 1.54) is 6.92 Å². The van der Waals surface area contributed by atoms with Crippen molar-refractivity contribution >= 4 is 74.3 Å². The van der Waals surface area contributed by atoms with Crippen molar-refractivity contribution in [3.63, 3.8) is 0 Å². The van der Waals surface area contributed by atoms with E-state index in [-0.39, 0.29) is 125 Å². The maximum Gasteiger partial charge on any atom is 1.00 e. The molecule has 0 saturated carbocycles. The quantitative estimate of drug-likeness (QED) is 0.289. The van der Waals surface area contributed by atoms with Crippen molar-refractivity contribution in [2.24, 2.45) is 5.73 Å². The molecule has 0 aliphatic carbocycles. The van der Waals surface area contributed by atoms with Crippen LogP contribution in [0.3, 0.4) is 0 Å². The number of aliphatic hydroxyl groups is 1.